The van der Waals surface area contributed by atoms with Crippen LogP contribution in [0, 0.1) is 0 Å². The smallest absolute Gasteiger partial charge is 0.138 e. The number of hydrogen-bond donors (Lipinski definition) is 1. The van der Waals surface area contributed by atoms with Crippen molar-refractivity contribution in [1.82, 2.24) is 0 Å². The van der Waals surface area contributed by atoms with E-state index in [4.69, 9.17) is 12.2 Å². The topological polar surface area (TPSA) is 12.0 Å². The molecule has 0 aromatic heterocycles. The van der Waals surface area contributed by atoms with E-state index < -0.39 is 0 Å². The number of thiocarbonyl (C=S) groups is 1. The van der Waals surface area contributed by atoms with Crippen LogP contribution in [0.1, 0.15) is 6.92 Å². The third-order valence-electron chi connectivity index (χ3n) is 1.30. The van der Waals surface area contributed by atoms with Crippen LogP contribution in [-0.2, 0) is 17.1 Å². The van der Waals surface area contributed by atoms with Gasteiger partial charge in [0.1, 0.15) is 4.32 Å². The molecule has 4 heteroatoms. The zero-order valence-corrected chi connectivity index (χ0v) is 9.79. The van der Waals surface area contributed by atoms with Crippen molar-refractivity contribution in [3.05, 3.63) is 30.3 Å². The summed E-state index contributed by atoms with van der Waals surface area (Å²) in [5.41, 5.74) is 1.06. The van der Waals surface area contributed by atoms with Crippen LogP contribution >= 0.6 is 24.0 Å². The Morgan fingerprint density at radius 2 is 2.00 bits per heavy atom. The van der Waals surface area contributed by atoms with E-state index >= 15 is 0 Å². The van der Waals surface area contributed by atoms with Crippen LogP contribution in [0.25, 0.3) is 0 Å². The summed E-state index contributed by atoms with van der Waals surface area (Å²) in [5, 5.41) is 3.14. The van der Waals surface area contributed by atoms with E-state index in [0.29, 0.717) is 0 Å². The predicted octanol–water partition coefficient (Wildman–Crippen LogP) is 3.13. The molecule has 1 radical (unpaired) electrons. The van der Waals surface area contributed by atoms with E-state index in [2.05, 4.69) is 12.2 Å². The van der Waals surface area contributed by atoms with Crippen molar-refractivity contribution in [2.75, 3.05) is 11.1 Å². The summed E-state index contributed by atoms with van der Waals surface area (Å²) in [5.74, 6) is 1.01. The number of nitrogens with one attached hydrogen (secondary N) is 1. The van der Waals surface area contributed by atoms with E-state index in [0.717, 1.165) is 15.8 Å². The second-order valence-corrected chi connectivity index (χ2v) is 4.15. The molecule has 0 atom stereocenters. The van der Waals surface area contributed by atoms with E-state index in [1.807, 2.05) is 30.3 Å². The minimum atomic E-state index is 0. The fourth-order valence-electron chi connectivity index (χ4n) is 0.807. The maximum Gasteiger partial charge on any atom is 0.138 e. The Hall–Kier alpha value is -0.0205. The normalized spacial score (nSPS) is 8.69. The van der Waals surface area contributed by atoms with Crippen molar-refractivity contribution < 1.29 is 17.1 Å². The van der Waals surface area contributed by atoms with Gasteiger partial charge in [0.05, 0.1) is 0 Å². The minimum Gasteiger partial charge on any atom is -0.341 e. The predicted molar refractivity (Wildman–Crippen MR) is 60.8 cm³/mol. The molecule has 0 aliphatic heterocycles. The van der Waals surface area contributed by atoms with Gasteiger partial charge in [0.15, 0.2) is 0 Å². The maximum absolute atomic E-state index is 5.09. The van der Waals surface area contributed by atoms with Crippen molar-refractivity contribution in [2.45, 2.75) is 6.92 Å². The van der Waals surface area contributed by atoms with Gasteiger partial charge in [-0.2, -0.15) is 0 Å². The van der Waals surface area contributed by atoms with Crippen LogP contribution in [0.15, 0.2) is 30.3 Å². The van der Waals surface area contributed by atoms with E-state index in [-0.39, 0.29) is 17.1 Å². The summed E-state index contributed by atoms with van der Waals surface area (Å²) in [6, 6.07) is 9.97. The van der Waals surface area contributed by atoms with Crippen molar-refractivity contribution >= 4 is 34.0 Å². The van der Waals surface area contributed by atoms with Gasteiger partial charge in [-0.3, -0.25) is 0 Å². The Kier molecular flexibility index (Phi) is 7.38. The number of thioether (sulfide) groups is 1. The van der Waals surface area contributed by atoms with E-state index in [1.54, 1.807) is 11.8 Å². The molecule has 0 bridgehead atoms. The number of benzene rings is 1. The molecule has 0 saturated carbocycles. The molecular formula is C9H11CuNS2. The maximum atomic E-state index is 5.09. The van der Waals surface area contributed by atoms with E-state index in [9.17, 15) is 0 Å². The van der Waals surface area contributed by atoms with Gasteiger partial charge in [0.25, 0.3) is 0 Å². The summed E-state index contributed by atoms with van der Waals surface area (Å²) in [6.07, 6.45) is 0. The zero-order chi connectivity index (χ0) is 8.81. The molecule has 0 spiro atoms. The van der Waals surface area contributed by atoms with Crippen molar-refractivity contribution in [2.24, 2.45) is 0 Å². The number of hydrogen-bond acceptors (Lipinski definition) is 2. The van der Waals surface area contributed by atoms with Crippen LogP contribution in [0.2, 0.25) is 0 Å². The Labute approximate surface area is 99.2 Å². The third-order valence-corrected chi connectivity index (χ3v) is 2.40. The molecule has 1 rings (SSSR count). The van der Waals surface area contributed by atoms with Crippen LogP contribution in [-0.4, -0.2) is 10.1 Å². The van der Waals surface area contributed by atoms with Gasteiger partial charge >= 0.3 is 0 Å². The summed E-state index contributed by atoms with van der Waals surface area (Å²) < 4.78 is 0.837. The van der Waals surface area contributed by atoms with Crippen molar-refractivity contribution in [3.8, 4) is 0 Å². The summed E-state index contributed by atoms with van der Waals surface area (Å²) in [4.78, 5) is 0. The number of para-hydroxylation sites is 1. The first-order chi connectivity index (χ1) is 5.83. The zero-order valence-electron chi connectivity index (χ0n) is 7.21. The molecule has 1 aromatic carbocycles. The Morgan fingerprint density at radius 3 is 2.54 bits per heavy atom. The van der Waals surface area contributed by atoms with Crippen LogP contribution < -0.4 is 5.32 Å². The fourth-order valence-corrected chi connectivity index (χ4v) is 1.73. The first kappa shape index (κ1) is 13.0. The second-order valence-electron chi connectivity index (χ2n) is 2.21. The van der Waals surface area contributed by atoms with Gasteiger partial charge in [-0.25, -0.2) is 0 Å². The first-order valence-electron chi connectivity index (χ1n) is 3.81. The average Bonchev–Trinajstić information content (AvgIpc) is 2.06. The monoisotopic (exact) mass is 260 g/mol. The molecule has 0 aliphatic rings. The van der Waals surface area contributed by atoms with Crippen LogP contribution in [0.4, 0.5) is 5.69 Å². The van der Waals surface area contributed by atoms with Crippen molar-refractivity contribution in [1.29, 1.82) is 0 Å². The molecule has 0 aliphatic carbocycles. The SMILES string of the molecule is CCSC(=S)Nc1ccccc1.[Cu]. The largest absolute Gasteiger partial charge is 0.341 e. The minimum absolute atomic E-state index is 0. The molecule has 13 heavy (non-hydrogen) atoms. The second kappa shape index (κ2) is 7.39. The van der Waals surface area contributed by atoms with Gasteiger partial charge in [-0.15, -0.1) is 0 Å². The molecule has 0 unspecified atom stereocenters. The van der Waals surface area contributed by atoms with Crippen LogP contribution in [0.5, 0.6) is 0 Å². The Morgan fingerprint density at radius 1 is 1.38 bits per heavy atom. The summed E-state index contributed by atoms with van der Waals surface area (Å²) in [7, 11) is 0. The van der Waals surface area contributed by atoms with Gasteiger partial charge in [-0.1, -0.05) is 49.1 Å². The molecule has 0 amide bonds. The van der Waals surface area contributed by atoms with Gasteiger partial charge in [-0.05, 0) is 17.9 Å². The summed E-state index contributed by atoms with van der Waals surface area (Å²) >= 11 is 6.73. The number of rotatable bonds is 2. The van der Waals surface area contributed by atoms with Crippen molar-refractivity contribution in [3.63, 3.8) is 0 Å². The Bertz CT molecular complexity index is 251. The summed E-state index contributed by atoms with van der Waals surface area (Å²) in [6.45, 7) is 2.09. The molecule has 1 N–H and O–H groups in total. The van der Waals surface area contributed by atoms with Gasteiger partial charge in [0, 0.05) is 22.8 Å². The molecule has 1 nitrogen and oxygen atoms in total. The molecule has 0 heterocycles. The molecule has 75 valence electrons. The third kappa shape index (κ3) is 5.32. The quantitative estimate of drug-likeness (QED) is 0.648. The molecular weight excluding hydrogens is 250 g/mol. The fraction of sp³-hybridized carbons (Fsp3) is 0.222. The van der Waals surface area contributed by atoms with Gasteiger partial charge in [0.2, 0.25) is 0 Å². The molecule has 0 fully saturated rings. The van der Waals surface area contributed by atoms with Gasteiger partial charge < -0.3 is 5.32 Å². The number of anilines is 1. The Balaban J connectivity index is 0.00000144. The first-order valence-corrected chi connectivity index (χ1v) is 5.21. The average molecular weight is 261 g/mol. The molecule has 1 aromatic rings. The van der Waals surface area contributed by atoms with E-state index in [1.165, 1.54) is 0 Å². The molecule has 0 saturated heterocycles. The standard InChI is InChI=1S/C9H11NS2.Cu/c1-2-12-9(11)10-8-6-4-3-5-7-8;/h3-7H,2H2,1H3,(H,10,11);. The van der Waals surface area contributed by atoms with Crippen LogP contribution in [0.3, 0.4) is 0 Å².